The maximum atomic E-state index is 10.7. The van der Waals surface area contributed by atoms with Crippen molar-refractivity contribution in [2.24, 2.45) is 0 Å². The van der Waals surface area contributed by atoms with Gasteiger partial charge in [-0.3, -0.25) is 4.79 Å². The van der Waals surface area contributed by atoms with E-state index >= 15 is 0 Å². The second-order valence-corrected chi connectivity index (χ2v) is 2.20. The minimum atomic E-state index is -2.71. The van der Waals surface area contributed by atoms with Crippen molar-refractivity contribution < 1.29 is 13.0 Å². The van der Waals surface area contributed by atoms with Crippen LogP contribution in [0.5, 0.6) is 0 Å². The SMILES string of the molecule is O=c1ccccn1OS(=O)[O-]. The molecular weight excluding hydrogens is 170 g/mol. The molecular formula is C5H4NO4S-. The Hall–Kier alpha value is -1.14. The van der Waals surface area contributed by atoms with E-state index in [-0.39, 0.29) is 0 Å². The third kappa shape index (κ3) is 2.17. The van der Waals surface area contributed by atoms with Gasteiger partial charge < -0.3 is 8.84 Å². The van der Waals surface area contributed by atoms with Gasteiger partial charge in [-0.1, -0.05) is 6.07 Å². The lowest BCUT2D eigenvalue weighted by Crippen LogP contribution is -2.26. The van der Waals surface area contributed by atoms with E-state index in [2.05, 4.69) is 4.28 Å². The highest BCUT2D eigenvalue weighted by atomic mass is 32.2. The molecule has 6 heteroatoms. The lowest BCUT2D eigenvalue weighted by atomic mass is 10.5. The molecule has 0 radical (unpaired) electrons. The number of hydrogen-bond donors (Lipinski definition) is 0. The molecule has 0 aliphatic heterocycles. The van der Waals surface area contributed by atoms with Crippen molar-refractivity contribution in [3.63, 3.8) is 0 Å². The van der Waals surface area contributed by atoms with Gasteiger partial charge in [0, 0.05) is 12.3 Å². The lowest BCUT2D eigenvalue weighted by molar-refractivity contribution is 0.255. The van der Waals surface area contributed by atoms with Crippen LogP contribution in [0.1, 0.15) is 0 Å². The summed E-state index contributed by atoms with van der Waals surface area (Å²) in [6, 6.07) is 4.15. The van der Waals surface area contributed by atoms with Crippen LogP contribution in [-0.4, -0.2) is 13.5 Å². The van der Waals surface area contributed by atoms with E-state index in [0.717, 1.165) is 0 Å². The monoisotopic (exact) mass is 174 g/mol. The molecule has 0 bridgehead atoms. The molecule has 1 aromatic rings. The molecule has 0 fully saturated rings. The third-order valence-corrected chi connectivity index (χ3v) is 1.21. The quantitative estimate of drug-likeness (QED) is 0.543. The Morgan fingerprint density at radius 1 is 1.55 bits per heavy atom. The van der Waals surface area contributed by atoms with Crippen molar-refractivity contribution in [2.75, 3.05) is 0 Å². The highest BCUT2D eigenvalue weighted by Crippen LogP contribution is 1.78. The molecule has 0 spiro atoms. The van der Waals surface area contributed by atoms with Gasteiger partial charge in [0.15, 0.2) is 11.4 Å². The van der Waals surface area contributed by atoms with Gasteiger partial charge in [0.1, 0.15) is 0 Å². The van der Waals surface area contributed by atoms with Gasteiger partial charge in [0.25, 0.3) is 5.56 Å². The van der Waals surface area contributed by atoms with Crippen LogP contribution in [0, 0.1) is 0 Å². The maximum absolute atomic E-state index is 10.7. The van der Waals surface area contributed by atoms with E-state index in [9.17, 15) is 13.6 Å². The number of hydrogen-bond acceptors (Lipinski definition) is 4. The van der Waals surface area contributed by atoms with Crippen LogP contribution in [0.4, 0.5) is 0 Å². The molecule has 60 valence electrons. The number of aromatic nitrogens is 1. The zero-order chi connectivity index (χ0) is 8.27. The Kier molecular flexibility index (Phi) is 2.40. The maximum Gasteiger partial charge on any atom is 0.284 e. The fraction of sp³-hybridized carbons (Fsp3) is 0. The van der Waals surface area contributed by atoms with E-state index < -0.39 is 16.9 Å². The molecule has 1 atom stereocenters. The van der Waals surface area contributed by atoms with Crippen LogP contribution in [-0.2, 0) is 11.4 Å². The molecule has 1 aromatic heterocycles. The highest BCUT2D eigenvalue weighted by molar-refractivity contribution is 7.74. The van der Waals surface area contributed by atoms with Crippen LogP contribution in [0.25, 0.3) is 0 Å². The minimum Gasteiger partial charge on any atom is -0.738 e. The second-order valence-electron chi connectivity index (χ2n) is 1.64. The van der Waals surface area contributed by atoms with E-state index in [1.54, 1.807) is 0 Å². The van der Waals surface area contributed by atoms with E-state index in [4.69, 9.17) is 0 Å². The summed E-state index contributed by atoms with van der Waals surface area (Å²) < 4.78 is 24.6. The first kappa shape index (κ1) is 7.96. The summed E-state index contributed by atoms with van der Waals surface area (Å²) in [7, 11) is 0. The van der Waals surface area contributed by atoms with Crippen LogP contribution >= 0.6 is 0 Å². The Morgan fingerprint density at radius 2 is 2.27 bits per heavy atom. The van der Waals surface area contributed by atoms with Crippen LogP contribution in [0.2, 0.25) is 0 Å². The van der Waals surface area contributed by atoms with Crippen LogP contribution in [0.15, 0.2) is 29.2 Å². The van der Waals surface area contributed by atoms with Crippen molar-refractivity contribution in [1.82, 2.24) is 4.73 Å². The van der Waals surface area contributed by atoms with E-state index in [1.165, 1.54) is 24.4 Å². The third-order valence-electron chi connectivity index (χ3n) is 0.930. The number of pyridine rings is 1. The molecule has 1 rings (SSSR count). The largest absolute Gasteiger partial charge is 0.738 e. The predicted molar refractivity (Wildman–Crippen MR) is 36.2 cm³/mol. The lowest BCUT2D eigenvalue weighted by Gasteiger charge is -2.06. The van der Waals surface area contributed by atoms with Crippen molar-refractivity contribution >= 4 is 11.4 Å². The standard InChI is InChI=1S/C5H5NO4S/c7-5-3-1-2-4-6(5)10-11(8)9/h1-4H,(H,8,9)/p-1. The molecule has 0 aromatic carbocycles. The smallest absolute Gasteiger partial charge is 0.284 e. The average Bonchev–Trinajstić information content (AvgIpc) is 1.93. The number of rotatable bonds is 2. The summed E-state index contributed by atoms with van der Waals surface area (Å²) in [5.41, 5.74) is -0.531. The summed E-state index contributed by atoms with van der Waals surface area (Å²) in [4.78, 5) is 10.7. The topological polar surface area (TPSA) is 71.4 Å². The summed E-state index contributed by atoms with van der Waals surface area (Å²) in [5, 5.41) is 0. The molecule has 0 aliphatic rings. The molecule has 0 amide bonds. The van der Waals surface area contributed by atoms with Crippen LogP contribution in [0.3, 0.4) is 0 Å². The molecule has 0 saturated heterocycles. The van der Waals surface area contributed by atoms with Gasteiger partial charge in [0.2, 0.25) is 0 Å². The Balaban J connectivity index is 2.95. The first-order chi connectivity index (χ1) is 5.20. The highest BCUT2D eigenvalue weighted by Gasteiger charge is 1.91. The summed E-state index contributed by atoms with van der Waals surface area (Å²) in [6.07, 6.45) is 1.21. The van der Waals surface area contributed by atoms with Crippen molar-refractivity contribution in [3.8, 4) is 0 Å². The van der Waals surface area contributed by atoms with Gasteiger partial charge in [-0.15, -0.1) is 4.73 Å². The first-order valence-corrected chi connectivity index (χ1v) is 3.66. The number of nitrogens with zero attached hydrogens (tertiary/aromatic N) is 1. The first-order valence-electron chi connectivity index (χ1n) is 2.66. The fourth-order valence-electron chi connectivity index (χ4n) is 0.540. The molecule has 0 saturated carbocycles. The molecule has 5 nitrogen and oxygen atoms in total. The normalized spacial score (nSPS) is 12.5. The Labute approximate surface area is 64.7 Å². The van der Waals surface area contributed by atoms with Gasteiger partial charge in [-0.05, 0) is 6.07 Å². The molecule has 11 heavy (non-hydrogen) atoms. The molecule has 1 heterocycles. The predicted octanol–water partition coefficient (Wildman–Crippen LogP) is -0.929. The second kappa shape index (κ2) is 3.31. The summed E-state index contributed by atoms with van der Waals surface area (Å²) >= 11 is -2.71. The summed E-state index contributed by atoms with van der Waals surface area (Å²) in [6.45, 7) is 0. The Bertz CT molecular complexity index is 320. The molecule has 0 N–H and O–H groups in total. The molecule has 1 unspecified atom stereocenters. The van der Waals surface area contributed by atoms with Gasteiger partial charge in [-0.2, -0.15) is 0 Å². The van der Waals surface area contributed by atoms with Gasteiger partial charge in [-0.25, -0.2) is 4.21 Å². The van der Waals surface area contributed by atoms with Crippen molar-refractivity contribution in [3.05, 3.63) is 34.7 Å². The van der Waals surface area contributed by atoms with Gasteiger partial charge in [0.05, 0.1) is 0 Å². The van der Waals surface area contributed by atoms with Gasteiger partial charge >= 0.3 is 0 Å². The van der Waals surface area contributed by atoms with E-state index in [1.807, 2.05) is 0 Å². The minimum absolute atomic E-state index is 0.531. The zero-order valence-corrected chi connectivity index (χ0v) is 6.11. The zero-order valence-electron chi connectivity index (χ0n) is 5.30. The summed E-state index contributed by atoms with van der Waals surface area (Å²) in [5.74, 6) is 0. The van der Waals surface area contributed by atoms with Crippen molar-refractivity contribution in [2.45, 2.75) is 0 Å². The average molecular weight is 174 g/mol. The van der Waals surface area contributed by atoms with E-state index in [0.29, 0.717) is 4.73 Å². The molecule has 0 aliphatic carbocycles. The van der Waals surface area contributed by atoms with Crippen molar-refractivity contribution in [1.29, 1.82) is 0 Å². The van der Waals surface area contributed by atoms with Crippen LogP contribution < -0.4 is 9.84 Å². The Morgan fingerprint density at radius 3 is 2.82 bits per heavy atom. The fourth-order valence-corrected chi connectivity index (χ4v) is 0.794.